The molecule has 0 fully saturated rings. The van der Waals surface area contributed by atoms with Gasteiger partial charge >= 0.3 is 491 Å². The second kappa shape index (κ2) is 24.4. The van der Waals surface area contributed by atoms with Gasteiger partial charge in [0.1, 0.15) is 0 Å². The number of benzene rings is 14. The van der Waals surface area contributed by atoms with Crippen LogP contribution in [0.4, 0.5) is 34.1 Å². The van der Waals surface area contributed by atoms with Gasteiger partial charge in [0, 0.05) is 0 Å². The standard InChI is InChI=1S/C96H78B2N2OSe/c1-94(2,3)71-54-74(63-36-20-12-21-37-63)91(75(55-71)64-38-22-13-23-39-64)99-81-53-67(70-51-68(61-32-16-10-17-33-61)50-69(52-70)62-34-18-11-19-35-62)48-49-78(81)98-88-82(99)58-73(96(7,8)9)59-83(88)100(92-76(65-40-24-14-25-41-65)56-72(95(4,5)6)57-77(92)66-42-26-15-27-43-66)84-60-87-90-93(89(84)98)101-85-46-30-28-44-79(85)97(90)80-45-29-31-47-86(80)102-87/h10-60H,1-9H3/i28D,29D,30D,31D,44D,45D,46D,47D,48D,49D,50D,51D,52D,53D,60D. The predicted octanol–water partition coefficient (Wildman–Crippen LogP) is 19.9. The Hall–Kier alpha value is -10.9. The summed E-state index contributed by atoms with van der Waals surface area (Å²) < 4.78 is 164. The van der Waals surface area contributed by atoms with E-state index in [-0.39, 0.29) is 113 Å². The van der Waals surface area contributed by atoms with Gasteiger partial charge in [-0.05, 0) is 22.6 Å². The zero-order valence-corrected chi connectivity index (χ0v) is 59.9. The molecule has 3 nitrogen and oxygen atoms in total. The normalized spacial score (nSPS) is 15.4. The number of hydrogen-bond acceptors (Lipinski definition) is 3. The number of nitrogens with zero attached hydrogens (tertiary/aromatic N) is 2. The van der Waals surface area contributed by atoms with Crippen LogP contribution in [0.5, 0.6) is 11.5 Å². The van der Waals surface area contributed by atoms with E-state index in [4.69, 9.17) is 4.74 Å². The quantitative estimate of drug-likeness (QED) is 0.134. The van der Waals surface area contributed by atoms with E-state index in [0.29, 0.717) is 43.8 Å². The van der Waals surface area contributed by atoms with Gasteiger partial charge in [0.05, 0.1) is 1.37 Å². The number of hydrogen-bond donors (Lipinski definition) is 0. The molecule has 0 amide bonds. The first-order valence-corrected chi connectivity index (χ1v) is 36.5. The second-order valence-corrected chi connectivity index (χ2v) is 32.1. The summed E-state index contributed by atoms with van der Waals surface area (Å²) in [6.45, 7) is 16.6. The van der Waals surface area contributed by atoms with Crippen molar-refractivity contribution in [3.05, 3.63) is 326 Å². The van der Waals surface area contributed by atoms with Gasteiger partial charge in [-0.1, -0.05) is 118 Å². The van der Waals surface area contributed by atoms with E-state index < -0.39 is 99.0 Å². The van der Waals surface area contributed by atoms with Crippen molar-refractivity contribution in [2.24, 2.45) is 0 Å². The van der Waals surface area contributed by atoms with Crippen LogP contribution >= 0.6 is 0 Å². The second-order valence-electron chi connectivity index (χ2n) is 29.9. The van der Waals surface area contributed by atoms with Gasteiger partial charge in [0.15, 0.2) is 0 Å². The van der Waals surface area contributed by atoms with Crippen molar-refractivity contribution < 1.29 is 25.3 Å². The number of rotatable bonds is 9. The molecule has 14 aromatic carbocycles. The fourth-order valence-corrected chi connectivity index (χ4v) is 17.4. The van der Waals surface area contributed by atoms with Crippen LogP contribution in [0.3, 0.4) is 0 Å². The topological polar surface area (TPSA) is 15.7 Å². The summed E-state index contributed by atoms with van der Waals surface area (Å²) in [5, 5.41) is 0. The molecule has 0 atom stereocenters. The fraction of sp³-hybridized carbons (Fsp3) is 0.125. The Morgan fingerprint density at radius 3 is 1.16 bits per heavy atom. The first-order chi connectivity index (χ1) is 55.8. The van der Waals surface area contributed by atoms with Crippen LogP contribution in [-0.2, 0) is 16.2 Å². The van der Waals surface area contributed by atoms with Crippen molar-refractivity contribution in [2.75, 3.05) is 9.80 Å². The number of anilines is 6. The summed E-state index contributed by atoms with van der Waals surface area (Å²) >= 11 is -1.19. The molecule has 0 aromatic heterocycles. The monoisotopic (exact) mass is 1390 g/mol. The number of para-hydroxylation sites is 1. The van der Waals surface area contributed by atoms with Crippen molar-refractivity contribution in [1.82, 2.24) is 0 Å². The summed E-state index contributed by atoms with van der Waals surface area (Å²) in [5.41, 5.74) is 11.7. The summed E-state index contributed by atoms with van der Waals surface area (Å²) in [5.74, 6) is -0.299. The van der Waals surface area contributed by atoms with Gasteiger partial charge in [-0.2, -0.15) is 0 Å². The van der Waals surface area contributed by atoms with Crippen LogP contribution in [0.25, 0.3) is 77.9 Å². The zero-order chi connectivity index (χ0) is 82.4. The van der Waals surface area contributed by atoms with Gasteiger partial charge in [0.25, 0.3) is 0 Å². The Labute approximate surface area is 629 Å². The molecule has 102 heavy (non-hydrogen) atoms. The molecule has 18 rings (SSSR count). The molecule has 14 aromatic rings. The first kappa shape index (κ1) is 48.8. The van der Waals surface area contributed by atoms with Gasteiger partial charge in [-0.3, -0.25) is 0 Å². The fourth-order valence-electron chi connectivity index (χ4n) is 15.2. The summed E-state index contributed by atoms with van der Waals surface area (Å²) in [6.07, 6.45) is 0. The van der Waals surface area contributed by atoms with Crippen LogP contribution < -0.4 is 56.2 Å². The van der Waals surface area contributed by atoms with E-state index in [1.165, 1.54) is 0 Å². The predicted molar refractivity (Wildman–Crippen MR) is 437 cm³/mol. The molecule has 490 valence electrons. The van der Waals surface area contributed by atoms with E-state index in [0.717, 1.165) is 61.2 Å². The SMILES string of the molecule is [2H]c1c([2H])c([2H])c2c(c1[2H])Oc1c3c(c([2H])c4c1B1c5c(cc(C(C)(C)C)cc5N4c4c(-c5ccccc5)cc(C(C)(C)C)cc4-c4ccccc4)N(c4c(-c5ccccc5)cc(C(C)(C)C)cc4-c4ccccc4)c4c([2H])c(-c5c([2H])c(-c6ccccc6)c([2H])c(-c6ccccc6)c5[2H])c([2H])c([2H])c41)[Se]c1c([2H])c([2H])c([2H])c([2H])c1B23. The molecule has 4 heterocycles. The molecule has 0 aliphatic carbocycles. The molecule has 4 aliphatic rings. The Balaban J connectivity index is 1.12. The minimum atomic E-state index is -1.42. The molecule has 4 aliphatic heterocycles. The molecule has 0 N–H and O–H groups in total. The third-order valence-electron chi connectivity index (χ3n) is 20.3. The van der Waals surface area contributed by atoms with Crippen LogP contribution in [0.15, 0.2) is 309 Å². The van der Waals surface area contributed by atoms with Gasteiger partial charge in [0.2, 0.25) is 0 Å². The Bertz CT molecular complexity index is 6370. The van der Waals surface area contributed by atoms with Crippen molar-refractivity contribution in [3.63, 3.8) is 0 Å². The zero-order valence-electron chi connectivity index (χ0n) is 73.2. The van der Waals surface area contributed by atoms with Gasteiger partial charge in [-0.15, -0.1) is 0 Å². The molecule has 0 saturated carbocycles. The molecule has 0 radical (unpaired) electrons. The van der Waals surface area contributed by atoms with E-state index in [1.54, 1.807) is 24.3 Å². The molecular formula is C96H78B2N2OSe. The van der Waals surface area contributed by atoms with Crippen molar-refractivity contribution in [1.29, 1.82) is 0 Å². The molecule has 0 spiro atoms. The molecule has 6 heteroatoms. The Kier molecular flexibility index (Phi) is 11.7. The average Bonchev–Trinajstić information content (AvgIpc) is 0.662. The van der Waals surface area contributed by atoms with Crippen LogP contribution in [0.1, 0.15) is 99.6 Å². The Morgan fingerprint density at radius 1 is 0.314 bits per heavy atom. The van der Waals surface area contributed by atoms with Crippen LogP contribution in [-0.4, -0.2) is 28.4 Å². The van der Waals surface area contributed by atoms with E-state index in [1.807, 2.05) is 109 Å². The third-order valence-corrected chi connectivity index (χ3v) is 22.5. The van der Waals surface area contributed by atoms with E-state index in [2.05, 4.69) is 157 Å². The van der Waals surface area contributed by atoms with Crippen LogP contribution in [0.2, 0.25) is 0 Å². The van der Waals surface area contributed by atoms with E-state index in [9.17, 15) is 20.6 Å². The molecule has 0 saturated heterocycles. The molecular weight excluding hydrogens is 1300 g/mol. The molecule has 0 unspecified atom stereocenters. The summed E-state index contributed by atoms with van der Waals surface area (Å²) in [4.78, 5) is 4.23. The van der Waals surface area contributed by atoms with E-state index >= 15 is 0 Å². The summed E-state index contributed by atoms with van der Waals surface area (Å²) in [7, 11) is 0. The summed E-state index contributed by atoms with van der Waals surface area (Å²) in [6, 6.07) is 65.3. The van der Waals surface area contributed by atoms with Crippen molar-refractivity contribution in [3.8, 4) is 89.4 Å². The Morgan fingerprint density at radius 2 is 0.706 bits per heavy atom. The van der Waals surface area contributed by atoms with Gasteiger partial charge in [-0.25, -0.2) is 0 Å². The van der Waals surface area contributed by atoms with Gasteiger partial charge < -0.3 is 0 Å². The molecule has 0 bridgehead atoms. The van der Waals surface area contributed by atoms with Crippen LogP contribution in [0, 0.1) is 0 Å². The van der Waals surface area contributed by atoms with Crippen molar-refractivity contribution in [2.45, 2.75) is 78.6 Å². The minimum absolute atomic E-state index is 0.0112. The number of fused-ring (bicyclic) bond motifs is 9. The first-order valence-electron chi connectivity index (χ1n) is 42.3. The average molecular weight is 1390 g/mol. The third kappa shape index (κ3) is 10.7. The van der Waals surface area contributed by atoms with Crippen molar-refractivity contribution >= 4 is 104 Å². The maximum absolute atomic E-state index is 11.9. The maximum atomic E-state index is 11.9. The number of ether oxygens (including phenoxy) is 1.